The molecule has 8 nitrogen and oxygen atoms in total. The van der Waals surface area contributed by atoms with Crippen molar-refractivity contribution in [3.05, 3.63) is 70.9 Å². The number of hydrogen-bond acceptors (Lipinski definition) is 6. The predicted octanol–water partition coefficient (Wildman–Crippen LogP) is 3.28. The number of alkyl halides is 3. The van der Waals surface area contributed by atoms with Crippen LogP contribution in [-0.4, -0.2) is 52.1 Å². The number of aliphatic hydroxyl groups is 1. The molecule has 0 saturated carbocycles. The Balaban J connectivity index is 1.99. The predicted molar refractivity (Wildman–Crippen MR) is 120 cm³/mol. The fourth-order valence-electron chi connectivity index (χ4n) is 3.36. The molecule has 2 aromatic heterocycles. The summed E-state index contributed by atoms with van der Waals surface area (Å²) in [5.41, 5.74) is 2.46. The van der Waals surface area contributed by atoms with Crippen molar-refractivity contribution in [2.75, 3.05) is 25.5 Å². The minimum atomic E-state index is -4.80. The number of nitrogens with zero attached hydrogens (tertiary/aromatic N) is 3. The Labute approximate surface area is 194 Å². The van der Waals surface area contributed by atoms with Gasteiger partial charge in [-0.2, -0.15) is 0 Å². The van der Waals surface area contributed by atoms with Crippen molar-refractivity contribution in [2.24, 2.45) is 0 Å². The second kappa shape index (κ2) is 11.0. The molecule has 0 atom stereocenters. The van der Waals surface area contributed by atoms with Gasteiger partial charge in [0.15, 0.2) is 11.5 Å². The minimum Gasteiger partial charge on any atom is -0.406 e. The number of benzene rings is 1. The molecule has 0 spiro atoms. The Morgan fingerprint density at radius 1 is 1.24 bits per heavy atom. The first-order valence-electron chi connectivity index (χ1n) is 10.6. The molecule has 1 amide bonds. The number of pyridine rings is 1. The number of carbonyl (C=O) groups excluding carboxylic acids is 1. The molecule has 0 radical (unpaired) electrons. The molecular weight excluding hydrogens is 451 g/mol. The third-order valence-electron chi connectivity index (χ3n) is 4.91. The van der Waals surface area contributed by atoms with E-state index < -0.39 is 12.3 Å². The summed E-state index contributed by atoms with van der Waals surface area (Å²) in [6.45, 7) is 2.35. The Hall–Kier alpha value is -3.60. The van der Waals surface area contributed by atoms with Crippen LogP contribution in [0.4, 0.5) is 19.0 Å². The molecular formula is C23H26F3N5O3. The van der Waals surface area contributed by atoms with Gasteiger partial charge in [-0.25, -0.2) is 4.98 Å². The number of halogens is 3. The molecule has 3 rings (SSSR count). The summed E-state index contributed by atoms with van der Waals surface area (Å²) >= 11 is 0. The second-order valence-electron chi connectivity index (χ2n) is 7.59. The van der Waals surface area contributed by atoms with E-state index in [0.717, 1.165) is 5.56 Å². The van der Waals surface area contributed by atoms with Gasteiger partial charge in [-0.1, -0.05) is 18.2 Å². The first-order chi connectivity index (χ1) is 16.2. The highest BCUT2D eigenvalue weighted by Crippen LogP contribution is 2.26. The second-order valence-corrected chi connectivity index (χ2v) is 7.59. The van der Waals surface area contributed by atoms with Crippen LogP contribution in [0.3, 0.4) is 0 Å². The standard InChI is InChI=1S/C23H26F3N5O3/c1-15-7-8-17(29-13-15)14-31-19(12-16-5-3-6-18(11-16)34-23(24,25)26)30-21(27-2)20(31)22(33)28-9-4-10-32/h3,5-8,11,13,27,32H,4,9-10,12,14H2,1-2H3,(H,28,33). The van der Waals surface area contributed by atoms with Gasteiger partial charge in [-0.05, 0) is 42.7 Å². The Kier molecular flexibility index (Phi) is 8.11. The number of ether oxygens (including phenoxy) is 1. The van der Waals surface area contributed by atoms with Crippen LogP contribution in [0, 0.1) is 6.92 Å². The smallest absolute Gasteiger partial charge is 0.406 e. The zero-order valence-corrected chi connectivity index (χ0v) is 18.8. The molecule has 0 saturated heterocycles. The molecule has 11 heteroatoms. The van der Waals surface area contributed by atoms with Crippen LogP contribution in [0.1, 0.15) is 39.6 Å². The van der Waals surface area contributed by atoms with Gasteiger partial charge in [0.1, 0.15) is 11.6 Å². The SMILES string of the molecule is CNc1nc(Cc2cccc(OC(F)(F)F)c2)n(Cc2ccc(C)cn2)c1C(=O)NCCCO. The third kappa shape index (κ3) is 6.70. The van der Waals surface area contributed by atoms with Crippen molar-refractivity contribution in [2.45, 2.75) is 32.7 Å². The van der Waals surface area contributed by atoms with Crippen molar-refractivity contribution in [1.82, 2.24) is 19.9 Å². The van der Waals surface area contributed by atoms with E-state index in [9.17, 15) is 18.0 Å². The minimum absolute atomic E-state index is 0.0622. The molecule has 0 unspecified atom stereocenters. The molecule has 2 heterocycles. The van der Waals surface area contributed by atoms with Gasteiger partial charge < -0.3 is 25.0 Å². The van der Waals surface area contributed by atoms with E-state index in [0.29, 0.717) is 29.3 Å². The van der Waals surface area contributed by atoms with Crippen LogP contribution in [0.15, 0.2) is 42.6 Å². The summed E-state index contributed by atoms with van der Waals surface area (Å²) in [5, 5.41) is 14.7. The number of hydrogen-bond donors (Lipinski definition) is 3. The quantitative estimate of drug-likeness (QED) is 0.388. The average Bonchev–Trinajstić information content (AvgIpc) is 3.11. The largest absolute Gasteiger partial charge is 0.573 e. The van der Waals surface area contributed by atoms with Gasteiger partial charge in [0, 0.05) is 32.8 Å². The zero-order valence-electron chi connectivity index (χ0n) is 18.8. The number of aliphatic hydroxyl groups excluding tert-OH is 1. The maximum Gasteiger partial charge on any atom is 0.573 e. The van der Waals surface area contributed by atoms with E-state index in [1.165, 1.54) is 18.2 Å². The topological polar surface area (TPSA) is 101 Å². The fraction of sp³-hybridized carbons (Fsp3) is 0.348. The lowest BCUT2D eigenvalue weighted by Crippen LogP contribution is -2.28. The van der Waals surface area contributed by atoms with Crippen LogP contribution in [0.5, 0.6) is 5.75 Å². The monoisotopic (exact) mass is 477 g/mol. The summed E-state index contributed by atoms with van der Waals surface area (Å²) < 4.78 is 43.6. The average molecular weight is 477 g/mol. The van der Waals surface area contributed by atoms with E-state index in [4.69, 9.17) is 5.11 Å². The summed E-state index contributed by atoms with van der Waals surface area (Å²) in [6.07, 6.45) is -2.54. The van der Waals surface area contributed by atoms with Crippen LogP contribution in [0.2, 0.25) is 0 Å². The lowest BCUT2D eigenvalue weighted by atomic mass is 10.1. The van der Waals surface area contributed by atoms with Crippen LogP contribution in [-0.2, 0) is 13.0 Å². The maximum atomic E-state index is 13.0. The third-order valence-corrected chi connectivity index (χ3v) is 4.91. The van der Waals surface area contributed by atoms with Crippen LogP contribution >= 0.6 is 0 Å². The highest BCUT2D eigenvalue weighted by atomic mass is 19.4. The lowest BCUT2D eigenvalue weighted by molar-refractivity contribution is -0.274. The molecule has 3 aromatic rings. The van der Waals surface area contributed by atoms with E-state index in [-0.39, 0.29) is 37.6 Å². The van der Waals surface area contributed by atoms with Crippen molar-refractivity contribution in [3.63, 3.8) is 0 Å². The van der Waals surface area contributed by atoms with E-state index in [1.54, 1.807) is 23.9 Å². The number of imidazole rings is 1. The van der Waals surface area contributed by atoms with Gasteiger partial charge in [-0.15, -0.1) is 13.2 Å². The van der Waals surface area contributed by atoms with Crippen LogP contribution in [0.25, 0.3) is 0 Å². The number of aryl methyl sites for hydroxylation is 1. The first-order valence-corrected chi connectivity index (χ1v) is 10.6. The van der Waals surface area contributed by atoms with Gasteiger partial charge in [0.2, 0.25) is 0 Å². The number of amides is 1. The number of carbonyl (C=O) groups is 1. The van der Waals surface area contributed by atoms with Crippen molar-refractivity contribution < 1.29 is 27.8 Å². The molecule has 0 aliphatic carbocycles. The van der Waals surface area contributed by atoms with Gasteiger partial charge in [0.25, 0.3) is 5.91 Å². The van der Waals surface area contributed by atoms with E-state index in [2.05, 4.69) is 25.3 Å². The lowest BCUT2D eigenvalue weighted by Gasteiger charge is -2.13. The number of rotatable bonds is 10. The number of nitrogens with one attached hydrogen (secondary N) is 2. The summed E-state index contributed by atoms with van der Waals surface area (Å²) in [4.78, 5) is 21.9. The van der Waals surface area contributed by atoms with Gasteiger partial charge in [-0.3, -0.25) is 9.78 Å². The maximum absolute atomic E-state index is 13.0. The highest BCUT2D eigenvalue weighted by Gasteiger charge is 2.31. The van der Waals surface area contributed by atoms with Gasteiger partial charge >= 0.3 is 6.36 Å². The Morgan fingerprint density at radius 3 is 2.68 bits per heavy atom. The highest BCUT2D eigenvalue weighted by molar-refractivity contribution is 5.97. The summed E-state index contributed by atoms with van der Waals surface area (Å²) in [5.74, 6) is 0.0615. The first kappa shape index (κ1) is 25.0. The number of anilines is 1. The Morgan fingerprint density at radius 2 is 2.03 bits per heavy atom. The summed E-state index contributed by atoms with van der Waals surface area (Å²) in [7, 11) is 1.63. The van der Waals surface area contributed by atoms with Crippen molar-refractivity contribution in [1.29, 1.82) is 0 Å². The normalized spacial score (nSPS) is 11.4. The molecule has 0 fully saturated rings. The van der Waals surface area contributed by atoms with E-state index in [1.807, 2.05) is 19.1 Å². The molecule has 0 aliphatic heterocycles. The molecule has 0 bridgehead atoms. The van der Waals surface area contributed by atoms with E-state index >= 15 is 0 Å². The van der Waals surface area contributed by atoms with Crippen molar-refractivity contribution >= 4 is 11.7 Å². The molecule has 0 aliphatic rings. The van der Waals surface area contributed by atoms with Crippen LogP contribution < -0.4 is 15.4 Å². The number of aromatic nitrogens is 3. The van der Waals surface area contributed by atoms with Gasteiger partial charge in [0.05, 0.1) is 12.2 Å². The molecule has 1 aromatic carbocycles. The Bertz CT molecular complexity index is 1110. The zero-order chi connectivity index (χ0) is 24.7. The summed E-state index contributed by atoms with van der Waals surface area (Å²) in [6, 6.07) is 9.37. The molecule has 34 heavy (non-hydrogen) atoms. The molecule has 182 valence electrons. The molecule has 3 N–H and O–H groups in total. The van der Waals surface area contributed by atoms with Crippen molar-refractivity contribution in [3.8, 4) is 5.75 Å². The fourth-order valence-corrected chi connectivity index (χ4v) is 3.36.